The highest BCUT2D eigenvalue weighted by Crippen LogP contribution is 2.49. The zero-order valence-corrected chi connectivity index (χ0v) is 11.6. The summed E-state index contributed by atoms with van der Waals surface area (Å²) in [7, 11) is 0.974. The van der Waals surface area contributed by atoms with Gasteiger partial charge in [0.25, 0.3) is 15.0 Å². The van der Waals surface area contributed by atoms with Crippen LogP contribution in [0.2, 0.25) is 0 Å². The Hall–Kier alpha value is -1.22. The van der Waals surface area contributed by atoms with Crippen molar-refractivity contribution >= 4 is 25.6 Å². The van der Waals surface area contributed by atoms with Gasteiger partial charge >= 0.3 is 6.18 Å². The Balaban J connectivity index is 2.24. The van der Waals surface area contributed by atoms with Crippen molar-refractivity contribution < 1.29 is 30.8 Å². The number of carbonyl (C=O) groups is 1. The highest BCUT2D eigenvalue weighted by atomic mass is 35.7. The fourth-order valence-corrected chi connectivity index (χ4v) is 2.80. The molecule has 1 aromatic rings. The van der Waals surface area contributed by atoms with Crippen LogP contribution in [0.25, 0.3) is 0 Å². The number of aryl methyl sites for hydroxylation is 1. The molecule has 1 aliphatic carbocycles. The third kappa shape index (κ3) is 2.64. The van der Waals surface area contributed by atoms with Crippen LogP contribution in [0, 0.1) is 6.92 Å². The van der Waals surface area contributed by atoms with Crippen molar-refractivity contribution in [3.05, 3.63) is 17.6 Å². The zero-order chi connectivity index (χ0) is 15.3. The number of furan rings is 1. The average Bonchev–Trinajstić information content (AvgIpc) is 2.92. The van der Waals surface area contributed by atoms with Crippen LogP contribution < -0.4 is 5.32 Å². The number of carbonyl (C=O) groups excluding carboxylic acids is 1. The van der Waals surface area contributed by atoms with Crippen molar-refractivity contribution in [2.24, 2.45) is 0 Å². The number of amides is 1. The first-order chi connectivity index (χ1) is 8.96. The van der Waals surface area contributed by atoms with Gasteiger partial charge in [-0.2, -0.15) is 13.2 Å². The molecule has 10 heteroatoms. The van der Waals surface area contributed by atoms with Crippen LogP contribution in [-0.2, 0) is 9.05 Å². The summed E-state index contributed by atoms with van der Waals surface area (Å²) in [4.78, 5) is 11.3. The van der Waals surface area contributed by atoms with Gasteiger partial charge in [-0.15, -0.1) is 0 Å². The van der Waals surface area contributed by atoms with E-state index in [2.05, 4.69) is 0 Å². The monoisotopic (exact) mass is 331 g/mol. The Kier molecular flexibility index (Phi) is 3.33. The number of nitrogens with one attached hydrogen (secondary N) is 1. The summed E-state index contributed by atoms with van der Waals surface area (Å²) in [6, 6.07) is 0.805. The van der Waals surface area contributed by atoms with Crippen LogP contribution in [0.1, 0.15) is 29.2 Å². The van der Waals surface area contributed by atoms with E-state index in [-0.39, 0.29) is 18.6 Å². The van der Waals surface area contributed by atoms with E-state index in [0.717, 1.165) is 6.07 Å². The molecule has 1 N–H and O–H groups in total. The van der Waals surface area contributed by atoms with Crippen molar-refractivity contribution in [3.63, 3.8) is 0 Å². The number of alkyl halides is 3. The second-order valence-corrected chi connectivity index (χ2v) is 7.04. The smallest absolute Gasteiger partial charge is 0.411 e. The lowest BCUT2D eigenvalue weighted by Crippen LogP contribution is -2.47. The van der Waals surface area contributed by atoms with E-state index in [1.54, 1.807) is 0 Å². The van der Waals surface area contributed by atoms with E-state index < -0.39 is 37.3 Å². The van der Waals surface area contributed by atoms with Crippen molar-refractivity contribution in [1.82, 2.24) is 5.32 Å². The molecule has 20 heavy (non-hydrogen) atoms. The van der Waals surface area contributed by atoms with Gasteiger partial charge in [0.15, 0.2) is 5.76 Å². The first kappa shape index (κ1) is 15.2. The molecule has 112 valence electrons. The number of hydrogen-bond donors (Lipinski definition) is 1. The minimum absolute atomic E-state index is 0.165. The fourth-order valence-electron chi connectivity index (χ4n) is 1.70. The standard InChI is InChI=1S/C10H9ClF3NO4S/c1-5-7(20(11,17)18)4-6(19-5)8(16)15-9(2-3-9)10(12,13)14/h4H,2-3H2,1H3,(H,15,16). The second kappa shape index (κ2) is 4.39. The van der Waals surface area contributed by atoms with Gasteiger partial charge in [0.1, 0.15) is 16.2 Å². The SMILES string of the molecule is Cc1oc(C(=O)NC2(C(F)(F)F)CC2)cc1S(=O)(=O)Cl. The molecule has 1 aliphatic rings. The van der Waals surface area contributed by atoms with Crippen LogP contribution in [0.15, 0.2) is 15.4 Å². The Labute approximate surface area is 116 Å². The summed E-state index contributed by atoms with van der Waals surface area (Å²) >= 11 is 0. The predicted octanol–water partition coefficient (Wildman–Crippen LogP) is 2.34. The number of rotatable bonds is 3. The Morgan fingerprint density at radius 2 is 2.00 bits per heavy atom. The maximum Gasteiger partial charge on any atom is 0.411 e. The van der Waals surface area contributed by atoms with Crippen molar-refractivity contribution in [2.75, 3.05) is 0 Å². The third-order valence-electron chi connectivity index (χ3n) is 3.00. The van der Waals surface area contributed by atoms with Crippen molar-refractivity contribution in [2.45, 2.75) is 36.4 Å². The molecule has 0 aromatic carbocycles. The van der Waals surface area contributed by atoms with Crippen LogP contribution in [-0.4, -0.2) is 26.0 Å². The minimum Gasteiger partial charge on any atom is -0.455 e. The lowest BCUT2D eigenvalue weighted by molar-refractivity contribution is -0.163. The summed E-state index contributed by atoms with van der Waals surface area (Å²) in [5.41, 5.74) is -2.25. The normalized spacial score (nSPS) is 17.9. The van der Waals surface area contributed by atoms with Crippen LogP contribution in [0.3, 0.4) is 0 Å². The number of halogens is 4. The van der Waals surface area contributed by atoms with E-state index in [4.69, 9.17) is 15.1 Å². The molecule has 0 aliphatic heterocycles. The molecule has 0 bridgehead atoms. The van der Waals surface area contributed by atoms with Crippen LogP contribution in [0.4, 0.5) is 13.2 Å². The van der Waals surface area contributed by atoms with E-state index in [1.807, 2.05) is 5.32 Å². The van der Waals surface area contributed by atoms with Crippen molar-refractivity contribution in [3.8, 4) is 0 Å². The van der Waals surface area contributed by atoms with Gasteiger partial charge < -0.3 is 9.73 Å². The van der Waals surface area contributed by atoms with E-state index >= 15 is 0 Å². The lowest BCUT2D eigenvalue weighted by atomic mass is 10.2. The maximum atomic E-state index is 12.7. The topological polar surface area (TPSA) is 76.4 Å². The molecule has 0 radical (unpaired) electrons. The summed E-state index contributed by atoms with van der Waals surface area (Å²) in [6.07, 6.45) is -5.00. The van der Waals surface area contributed by atoms with Gasteiger partial charge in [0.05, 0.1) is 0 Å². The van der Waals surface area contributed by atoms with Gasteiger partial charge in [0.2, 0.25) is 0 Å². The lowest BCUT2D eigenvalue weighted by Gasteiger charge is -2.19. The molecule has 1 saturated carbocycles. The molecule has 2 rings (SSSR count). The molecule has 0 atom stereocenters. The summed E-state index contributed by atoms with van der Waals surface area (Å²) in [5, 5.41) is 1.82. The van der Waals surface area contributed by atoms with Gasteiger partial charge in [-0.1, -0.05) is 0 Å². The van der Waals surface area contributed by atoms with Crippen LogP contribution >= 0.6 is 10.7 Å². The molecule has 1 fully saturated rings. The zero-order valence-electron chi connectivity index (χ0n) is 10.0. The van der Waals surface area contributed by atoms with E-state index in [9.17, 15) is 26.4 Å². The molecular formula is C10H9ClF3NO4S. The maximum absolute atomic E-state index is 12.7. The van der Waals surface area contributed by atoms with Gasteiger partial charge in [-0.05, 0) is 19.8 Å². The largest absolute Gasteiger partial charge is 0.455 e. The first-order valence-electron chi connectivity index (χ1n) is 5.41. The Morgan fingerprint density at radius 3 is 2.35 bits per heavy atom. The molecule has 1 heterocycles. The molecule has 0 spiro atoms. The predicted molar refractivity (Wildman–Crippen MR) is 62.0 cm³/mol. The Morgan fingerprint density at radius 1 is 1.45 bits per heavy atom. The second-order valence-electron chi connectivity index (χ2n) is 4.50. The third-order valence-corrected chi connectivity index (χ3v) is 4.43. The van der Waals surface area contributed by atoms with Gasteiger partial charge in [0, 0.05) is 16.7 Å². The summed E-state index contributed by atoms with van der Waals surface area (Å²) < 4.78 is 65.2. The van der Waals surface area contributed by atoms with Gasteiger partial charge in [-0.3, -0.25) is 4.79 Å². The highest BCUT2D eigenvalue weighted by Gasteiger charge is 2.64. The molecule has 5 nitrogen and oxygen atoms in total. The first-order valence-corrected chi connectivity index (χ1v) is 7.71. The molecule has 0 unspecified atom stereocenters. The average molecular weight is 332 g/mol. The van der Waals surface area contributed by atoms with Crippen LogP contribution in [0.5, 0.6) is 0 Å². The molecule has 1 aromatic heterocycles. The molecule has 1 amide bonds. The number of hydrogen-bond acceptors (Lipinski definition) is 4. The Bertz CT molecular complexity index is 661. The van der Waals surface area contributed by atoms with E-state index in [1.165, 1.54) is 6.92 Å². The quantitative estimate of drug-likeness (QED) is 0.862. The molecular weight excluding hydrogens is 323 g/mol. The summed E-state index contributed by atoms with van der Waals surface area (Å²) in [5.74, 6) is -1.83. The summed E-state index contributed by atoms with van der Waals surface area (Å²) in [6.45, 7) is 1.24. The van der Waals surface area contributed by atoms with Gasteiger partial charge in [-0.25, -0.2) is 8.42 Å². The van der Waals surface area contributed by atoms with E-state index in [0.29, 0.717) is 0 Å². The molecule has 0 saturated heterocycles. The minimum atomic E-state index is -4.56. The van der Waals surface area contributed by atoms with Crippen molar-refractivity contribution in [1.29, 1.82) is 0 Å². The fraction of sp³-hybridized carbons (Fsp3) is 0.500. The highest BCUT2D eigenvalue weighted by molar-refractivity contribution is 8.13.